The van der Waals surface area contributed by atoms with Crippen LogP contribution in [0.15, 0.2) is 48.5 Å². The summed E-state index contributed by atoms with van der Waals surface area (Å²) in [5.41, 5.74) is 1.10. The minimum atomic E-state index is -2.55. The van der Waals surface area contributed by atoms with Gasteiger partial charge in [0.1, 0.15) is 6.04 Å². The van der Waals surface area contributed by atoms with E-state index in [1.165, 1.54) is 18.2 Å². The summed E-state index contributed by atoms with van der Waals surface area (Å²) < 4.78 is 25.3. The number of nitriles is 1. The Morgan fingerprint density at radius 2 is 1.70 bits per heavy atom. The van der Waals surface area contributed by atoms with Crippen LogP contribution in [0.25, 0.3) is 0 Å². The van der Waals surface area contributed by atoms with Crippen LogP contribution in [0, 0.1) is 11.3 Å². The van der Waals surface area contributed by atoms with E-state index >= 15 is 0 Å². The normalized spacial score (nSPS) is 11.9. The van der Waals surface area contributed by atoms with Crippen molar-refractivity contribution >= 4 is 17.3 Å². The zero-order valence-electron chi connectivity index (χ0n) is 10.4. The predicted octanol–water partition coefficient (Wildman–Crippen LogP) is 4.95. The highest BCUT2D eigenvalue weighted by Gasteiger charge is 2.13. The number of hydrogen-bond donors (Lipinski definition) is 1. The molecule has 0 fully saturated rings. The predicted molar refractivity (Wildman–Crippen MR) is 74.8 cm³/mol. The Labute approximate surface area is 120 Å². The molecule has 0 amide bonds. The van der Waals surface area contributed by atoms with Gasteiger partial charge in [0, 0.05) is 16.3 Å². The molecule has 0 heterocycles. The summed E-state index contributed by atoms with van der Waals surface area (Å²) in [5, 5.41) is 12.8. The molecular formula is C15H11ClF2N2. The zero-order chi connectivity index (χ0) is 14.5. The van der Waals surface area contributed by atoms with Crippen LogP contribution in [0.5, 0.6) is 0 Å². The van der Waals surface area contributed by atoms with E-state index in [0.717, 1.165) is 0 Å². The fraction of sp³-hybridized carbons (Fsp3) is 0.133. The molecule has 0 saturated carbocycles. The summed E-state index contributed by atoms with van der Waals surface area (Å²) in [4.78, 5) is 0. The molecule has 1 unspecified atom stereocenters. The van der Waals surface area contributed by atoms with Gasteiger partial charge in [-0.2, -0.15) is 5.26 Å². The Morgan fingerprint density at radius 1 is 1.05 bits per heavy atom. The number of benzene rings is 2. The first-order valence-electron chi connectivity index (χ1n) is 5.90. The van der Waals surface area contributed by atoms with Crippen LogP contribution < -0.4 is 5.32 Å². The number of halogens is 3. The van der Waals surface area contributed by atoms with E-state index in [1.54, 1.807) is 30.3 Å². The lowest BCUT2D eigenvalue weighted by Crippen LogP contribution is -2.08. The Bertz CT molecular complexity index is 621. The number of nitrogens with one attached hydrogen (secondary N) is 1. The quantitative estimate of drug-likeness (QED) is 0.865. The lowest BCUT2D eigenvalue weighted by molar-refractivity contribution is 0.151. The van der Waals surface area contributed by atoms with Gasteiger partial charge in [0.15, 0.2) is 0 Å². The van der Waals surface area contributed by atoms with Gasteiger partial charge in [0.05, 0.1) is 6.07 Å². The molecule has 0 saturated heterocycles. The van der Waals surface area contributed by atoms with Crippen molar-refractivity contribution in [3.63, 3.8) is 0 Å². The van der Waals surface area contributed by atoms with Crippen molar-refractivity contribution in [2.24, 2.45) is 0 Å². The molecule has 0 radical (unpaired) electrons. The molecule has 102 valence electrons. The Balaban J connectivity index is 2.22. The molecule has 0 aromatic heterocycles. The van der Waals surface area contributed by atoms with E-state index in [-0.39, 0.29) is 5.56 Å². The van der Waals surface area contributed by atoms with Gasteiger partial charge in [-0.1, -0.05) is 29.8 Å². The van der Waals surface area contributed by atoms with Crippen LogP contribution in [-0.2, 0) is 0 Å². The van der Waals surface area contributed by atoms with Gasteiger partial charge in [-0.15, -0.1) is 0 Å². The molecule has 5 heteroatoms. The first-order valence-corrected chi connectivity index (χ1v) is 6.27. The third-order valence-corrected chi connectivity index (χ3v) is 3.03. The first-order chi connectivity index (χ1) is 9.60. The van der Waals surface area contributed by atoms with Gasteiger partial charge in [0.25, 0.3) is 6.43 Å². The second-order valence-corrected chi connectivity index (χ2v) is 4.62. The largest absolute Gasteiger partial charge is 0.366 e. The smallest absolute Gasteiger partial charge is 0.263 e. The highest BCUT2D eigenvalue weighted by molar-refractivity contribution is 6.30. The molecule has 2 aromatic carbocycles. The minimum absolute atomic E-state index is 0.0966. The minimum Gasteiger partial charge on any atom is -0.366 e. The average molecular weight is 293 g/mol. The molecule has 2 aromatic rings. The highest BCUT2D eigenvalue weighted by Crippen LogP contribution is 2.25. The summed E-state index contributed by atoms with van der Waals surface area (Å²) in [6.07, 6.45) is -2.55. The van der Waals surface area contributed by atoms with Gasteiger partial charge in [0.2, 0.25) is 0 Å². The number of rotatable bonds is 4. The standard InChI is InChI=1S/C15H11ClF2N2/c16-12-4-6-13(7-5-12)20-14(9-19)10-2-1-3-11(8-10)15(17)18/h1-8,14-15,20H. The van der Waals surface area contributed by atoms with Crippen LogP contribution >= 0.6 is 11.6 Å². The molecule has 20 heavy (non-hydrogen) atoms. The molecule has 0 aliphatic rings. The fourth-order valence-corrected chi connectivity index (χ4v) is 1.90. The first kappa shape index (κ1) is 14.3. The van der Waals surface area contributed by atoms with E-state index in [0.29, 0.717) is 16.3 Å². The number of alkyl halides is 2. The van der Waals surface area contributed by atoms with Crippen molar-refractivity contribution in [1.29, 1.82) is 5.26 Å². The van der Waals surface area contributed by atoms with Crippen LogP contribution in [0.1, 0.15) is 23.6 Å². The van der Waals surface area contributed by atoms with Crippen molar-refractivity contribution in [1.82, 2.24) is 0 Å². The third-order valence-electron chi connectivity index (χ3n) is 2.78. The number of anilines is 1. The molecule has 0 aliphatic heterocycles. The summed E-state index contributed by atoms with van der Waals surface area (Å²) in [6.45, 7) is 0. The molecule has 0 bridgehead atoms. The Kier molecular flexibility index (Phi) is 4.54. The van der Waals surface area contributed by atoms with E-state index in [9.17, 15) is 14.0 Å². The van der Waals surface area contributed by atoms with E-state index in [2.05, 4.69) is 11.4 Å². The van der Waals surface area contributed by atoms with Crippen molar-refractivity contribution in [3.8, 4) is 6.07 Å². The van der Waals surface area contributed by atoms with E-state index < -0.39 is 12.5 Å². The van der Waals surface area contributed by atoms with Crippen LogP contribution in [0.2, 0.25) is 5.02 Å². The van der Waals surface area contributed by atoms with Gasteiger partial charge < -0.3 is 5.32 Å². The maximum atomic E-state index is 12.7. The highest BCUT2D eigenvalue weighted by atomic mass is 35.5. The fourth-order valence-electron chi connectivity index (χ4n) is 1.78. The molecule has 1 N–H and O–H groups in total. The Morgan fingerprint density at radius 3 is 2.30 bits per heavy atom. The lowest BCUT2D eigenvalue weighted by atomic mass is 10.0. The summed E-state index contributed by atoms with van der Waals surface area (Å²) in [6, 6.07) is 14.0. The van der Waals surface area contributed by atoms with Crippen LogP contribution in [0.3, 0.4) is 0 Å². The Hall–Kier alpha value is -2.12. The third kappa shape index (κ3) is 3.46. The second kappa shape index (κ2) is 6.36. The molecule has 1 atom stereocenters. The summed E-state index contributed by atoms with van der Waals surface area (Å²) >= 11 is 5.78. The molecule has 2 rings (SSSR count). The molecule has 0 spiro atoms. The molecule has 2 nitrogen and oxygen atoms in total. The van der Waals surface area contributed by atoms with Gasteiger partial charge in [-0.25, -0.2) is 8.78 Å². The van der Waals surface area contributed by atoms with Crippen molar-refractivity contribution in [2.75, 3.05) is 5.32 Å². The van der Waals surface area contributed by atoms with Gasteiger partial charge in [-0.3, -0.25) is 0 Å². The topological polar surface area (TPSA) is 35.8 Å². The SMILES string of the molecule is N#CC(Nc1ccc(Cl)cc1)c1cccc(C(F)F)c1. The summed E-state index contributed by atoms with van der Waals surface area (Å²) in [7, 11) is 0. The van der Waals surface area contributed by atoms with Crippen LogP contribution in [0.4, 0.5) is 14.5 Å². The lowest BCUT2D eigenvalue weighted by Gasteiger charge is -2.14. The number of hydrogen-bond acceptors (Lipinski definition) is 2. The van der Waals surface area contributed by atoms with E-state index in [4.69, 9.17) is 11.6 Å². The van der Waals surface area contributed by atoms with Crippen molar-refractivity contribution in [2.45, 2.75) is 12.5 Å². The maximum Gasteiger partial charge on any atom is 0.263 e. The van der Waals surface area contributed by atoms with Gasteiger partial charge >= 0.3 is 0 Å². The summed E-state index contributed by atoms with van der Waals surface area (Å²) in [5.74, 6) is 0. The maximum absolute atomic E-state index is 12.7. The molecular weight excluding hydrogens is 282 g/mol. The van der Waals surface area contributed by atoms with Crippen molar-refractivity contribution < 1.29 is 8.78 Å². The van der Waals surface area contributed by atoms with E-state index in [1.807, 2.05) is 0 Å². The zero-order valence-corrected chi connectivity index (χ0v) is 11.1. The van der Waals surface area contributed by atoms with Gasteiger partial charge in [-0.05, 0) is 35.9 Å². The molecule has 0 aliphatic carbocycles. The van der Waals surface area contributed by atoms with Crippen molar-refractivity contribution in [3.05, 3.63) is 64.7 Å². The second-order valence-electron chi connectivity index (χ2n) is 4.18. The average Bonchev–Trinajstić information content (AvgIpc) is 2.46. The number of nitrogens with zero attached hydrogens (tertiary/aromatic N) is 1. The van der Waals surface area contributed by atoms with Crippen LogP contribution in [-0.4, -0.2) is 0 Å². The monoisotopic (exact) mass is 292 g/mol.